The maximum atomic E-state index is 11.6. The first-order valence-electron chi connectivity index (χ1n) is 10.2. The van der Waals surface area contributed by atoms with Crippen LogP contribution in [0.15, 0.2) is 24.3 Å². The van der Waals surface area contributed by atoms with E-state index in [-0.39, 0.29) is 5.97 Å². The van der Waals surface area contributed by atoms with Crippen molar-refractivity contribution in [2.75, 3.05) is 58.7 Å². The summed E-state index contributed by atoms with van der Waals surface area (Å²) in [5.41, 5.74) is 1.45. The Labute approximate surface area is 173 Å². The number of hydrogen-bond acceptors (Lipinski definition) is 5. The monoisotopic (exact) mass is 404 g/mol. The van der Waals surface area contributed by atoms with Crippen molar-refractivity contribution in [3.05, 3.63) is 29.8 Å². The van der Waals surface area contributed by atoms with Crippen molar-refractivity contribution in [2.24, 2.45) is 0 Å². The van der Waals surface area contributed by atoms with Crippen LogP contribution in [0.25, 0.3) is 0 Å². The van der Waals surface area contributed by atoms with Crippen molar-refractivity contribution >= 4 is 29.0 Å². The number of benzene rings is 1. The Morgan fingerprint density at radius 1 is 1.14 bits per heavy atom. The molecule has 1 aromatic carbocycles. The van der Waals surface area contributed by atoms with Gasteiger partial charge in [0.05, 0.1) is 12.7 Å². The number of ether oxygens (including phenoxy) is 1. The number of hydrogen-bond donors (Lipinski definition) is 1. The van der Waals surface area contributed by atoms with Gasteiger partial charge in [-0.1, -0.05) is 0 Å². The highest BCUT2D eigenvalue weighted by atomic mass is 32.1. The fourth-order valence-electron chi connectivity index (χ4n) is 3.97. The number of thiocarbonyl (C=S) groups is 1. The van der Waals surface area contributed by atoms with E-state index in [9.17, 15) is 4.79 Å². The van der Waals surface area contributed by atoms with Crippen LogP contribution in [-0.4, -0.2) is 85.2 Å². The van der Waals surface area contributed by atoms with Gasteiger partial charge >= 0.3 is 5.97 Å². The lowest BCUT2D eigenvalue weighted by molar-refractivity contribution is 0.0601. The molecule has 1 atom stereocenters. The number of piperidine rings is 1. The van der Waals surface area contributed by atoms with E-state index in [1.807, 2.05) is 12.1 Å². The minimum atomic E-state index is -0.325. The third-order valence-electron chi connectivity index (χ3n) is 5.82. The summed E-state index contributed by atoms with van der Waals surface area (Å²) in [7, 11) is 3.59. The van der Waals surface area contributed by atoms with Crippen molar-refractivity contribution in [1.82, 2.24) is 14.7 Å². The van der Waals surface area contributed by atoms with Gasteiger partial charge in [-0.3, -0.25) is 0 Å². The lowest BCUT2D eigenvalue weighted by Crippen LogP contribution is -2.49. The van der Waals surface area contributed by atoms with Gasteiger partial charge < -0.3 is 24.8 Å². The first-order chi connectivity index (χ1) is 13.6. The molecular formula is C21H32N4O2S. The molecule has 0 bridgehead atoms. The Morgan fingerprint density at radius 2 is 1.86 bits per heavy atom. The van der Waals surface area contributed by atoms with E-state index >= 15 is 0 Å². The summed E-state index contributed by atoms with van der Waals surface area (Å²) in [4.78, 5) is 18.9. The zero-order valence-electron chi connectivity index (χ0n) is 17.0. The highest BCUT2D eigenvalue weighted by Gasteiger charge is 2.25. The second kappa shape index (κ2) is 10.2. The second-order valence-electron chi connectivity index (χ2n) is 7.78. The van der Waals surface area contributed by atoms with E-state index in [0.29, 0.717) is 11.6 Å². The predicted molar refractivity (Wildman–Crippen MR) is 117 cm³/mol. The number of carbonyl (C=O) groups excluding carboxylic acids is 1. The molecule has 0 amide bonds. The Morgan fingerprint density at radius 3 is 2.54 bits per heavy atom. The number of likely N-dealkylation sites (tertiary alicyclic amines) is 1. The third kappa shape index (κ3) is 5.65. The Hall–Kier alpha value is -1.70. The van der Waals surface area contributed by atoms with Gasteiger partial charge in [0.1, 0.15) is 0 Å². The van der Waals surface area contributed by atoms with Gasteiger partial charge in [0.15, 0.2) is 5.11 Å². The number of piperazine rings is 1. The van der Waals surface area contributed by atoms with E-state index in [4.69, 9.17) is 17.0 Å². The molecule has 3 rings (SSSR count). The van der Waals surface area contributed by atoms with E-state index in [1.165, 1.54) is 39.5 Å². The number of nitrogens with one attached hydrogen (secondary N) is 1. The molecule has 2 aliphatic rings. The zero-order valence-corrected chi connectivity index (χ0v) is 17.8. The minimum Gasteiger partial charge on any atom is -0.465 e. The van der Waals surface area contributed by atoms with Gasteiger partial charge in [-0.25, -0.2) is 4.79 Å². The average molecular weight is 405 g/mol. The molecule has 2 heterocycles. The molecule has 2 aliphatic heterocycles. The normalized spacial score (nSPS) is 21.4. The molecule has 0 aliphatic carbocycles. The Kier molecular flexibility index (Phi) is 7.65. The summed E-state index contributed by atoms with van der Waals surface area (Å²) in [5.74, 6) is -0.325. The molecule has 2 saturated heterocycles. The van der Waals surface area contributed by atoms with Crippen LogP contribution in [-0.2, 0) is 4.74 Å². The van der Waals surface area contributed by atoms with Crippen molar-refractivity contribution in [3.63, 3.8) is 0 Å². The van der Waals surface area contributed by atoms with Crippen LogP contribution in [0, 0.1) is 0 Å². The fraction of sp³-hybridized carbons (Fsp3) is 0.619. The van der Waals surface area contributed by atoms with Gasteiger partial charge in [0.25, 0.3) is 0 Å². The summed E-state index contributed by atoms with van der Waals surface area (Å²) < 4.78 is 4.75. The lowest BCUT2D eigenvalue weighted by atomic mass is 9.99. The SMILES string of the molecule is COC(=O)c1ccc(NC(=S)N2CCCCC2CCN2CCN(C)CC2)cc1. The van der Waals surface area contributed by atoms with Crippen LogP contribution in [0.4, 0.5) is 5.69 Å². The smallest absolute Gasteiger partial charge is 0.337 e. The summed E-state index contributed by atoms with van der Waals surface area (Å²) >= 11 is 5.73. The molecule has 0 radical (unpaired) electrons. The number of esters is 1. The molecule has 1 unspecified atom stereocenters. The highest BCUT2D eigenvalue weighted by molar-refractivity contribution is 7.80. The first-order valence-corrected chi connectivity index (χ1v) is 10.6. The first kappa shape index (κ1) is 21.0. The molecular weight excluding hydrogens is 372 g/mol. The van der Waals surface area contributed by atoms with Gasteiger partial charge in [0.2, 0.25) is 0 Å². The number of likely N-dealkylation sites (N-methyl/N-ethyl adjacent to an activating group) is 1. The number of anilines is 1. The summed E-state index contributed by atoms with van der Waals surface area (Å²) in [6.07, 6.45) is 4.83. The molecule has 154 valence electrons. The zero-order chi connectivity index (χ0) is 19.9. The van der Waals surface area contributed by atoms with Crippen molar-refractivity contribution in [2.45, 2.75) is 31.7 Å². The molecule has 1 N–H and O–H groups in total. The predicted octanol–water partition coefficient (Wildman–Crippen LogP) is 2.66. The highest BCUT2D eigenvalue weighted by Crippen LogP contribution is 2.22. The van der Waals surface area contributed by atoms with Crippen LogP contribution in [0.5, 0.6) is 0 Å². The van der Waals surface area contributed by atoms with Gasteiger partial charge in [-0.15, -0.1) is 0 Å². The maximum absolute atomic E-state index is 11.6. The summed E-state index contributed by atoms with van der Waals surface area (Å²) in [6, 6.07) is 7.78. The standard InChI is InChI=1S/C21H32N4O2S/c1-23-13-15-24(16-14-23)12-10-19-5-3-4-11-25(19)21(28)22-18-8-6-17(7-9-18)20(26)27-2/h6-9,19H,3-5,10-16H2,1-2H3,(H,22,28). The molecule has 28 heavy (non-hydrogen) atoms. The van der Waals surface area contributed by atoms with Crippen molar-refractivity contribution in [3.8, 4) is 0 Å². The molecule has 2 fully saturated rings. The van der Waals surface area contributed by atoms with Crippen molar-refractivity contribution in [1.29, 1.82) is 0 Å². The van der Waals surface area contributed by atoms with Crippen LogP contribution < -0.4 is 5.32 Å². The average Bonchev–Trinajstić information content (AvgIpc) is 2.73. The topological polar surface area (TPSA) is 48.1 Å². The lowest BCUT2D eigenvalue weighted by Gasteiger charge is -2.39. The molecule has 1 aromatic rings. The largest absolute Gasteiger partial charge is 0.465 e. The second-order valence-corrected chi connectivity index (χ2v) is 8.16. The maximum Gasteiger partial charge on any atom is 0.337 e. The van der Waals surface area contributed by atoms with E-state index in [2.05, 4.69) is 27.1 Å². The number of rotatable bonds is 5. The van der Waals surface area contributed by atoms with Crippen LogP contribution in [0.1, 0.15) is 36.0 Å². The van der Waals surface area contributed by atoms with Crippen LogP contribution in [0.3, 0.4) is 0 Å². The molecule has 7 heteroatoms. The third-order valence-corrected chi connectivity index (χ3v) is 6.16. The molecule has 0 saturated carbocycles. The summed E-state index contributed by atoms with van der Waals surface area (Å²) in [6.45, 7) is 6.81. The quantitative estimate of drug-likeness (QED) is 0.598. The summed E-state index contributed by atoms with van der Waals surface area (Å²) in [5, 5.41) is 4.14. The minimum absolute atomic E-state index is 0.325. The van der Waals surface area contributed by atoms with Gasteiger partial charge in [-0.2, -0.15) is 0 Å². The number of methoxy groups -OCH3 is 1. The Bertz CT molecular complexity index is 659. The molecule has 6 nitrogen and oxygen atoms in total. The molecule has 0 spiro atoms. The van der Waals surface area contributed by atoms with E-state index < -0.39 is 0 Å². The van der Waals surface area contributed by atoms with Crippen LogP contribution >= 0.6 is 12.2 Å². The molecule has 0 aromatic heterocycles. The fourth-order valence-corrected chi connectivity index (χ4v) is 4.33. The number of carbonyl (C=O) groups is 1. The van der Waals surface area contributed by atoms with E-state index in [0.717, 1.165) is 43.4 Å². The number of nitrogens with zero attached hydrogens (tertiary/aromatic N) is 3. The van der Waals surface area contributed by atoms with Gasteiger partial charge in [0, 0.05) is 51.0 Å². The van der Waals surface area contributed by atoms with E-state index in [1.54, 1.807) is 12.1 Å². The van der Waals surface area contributed by atoms with Gasteiger partial charge in [-0.05, 0) is 69.2 Å². The Balaban J connectivity index is 1.53. The van der Waals surface area contributed by atoms with Crippen LogP contribution in [0.2, 0.25) is 0 Å². The van der Waals surface area contributed by atoms with Crippen molar-refractivity contribution < 1.29 is 9.53 Å².